The quantitative estimate of drug-likeness (QED) is 0.646. The monoisotopic (exact) mass is 338 g/mol. The van der Waals surface area contributed by atoms with Crippen LogP contribution in [0.15, 0.2) is 48.5 Å². The second kappa shape index (κ2) is 7.36. The summed E-state index contributed by atoms with van der Waals surface area (Å²) in [4.78, 5) is 17.0. The van der Waals surface area contributed by atoms with Crippen LogP contribution >= 0.6 is 0 Å². The third kappa shape index (κ3) is 4.16. The van der Waals surface area contributed by atoms with Gasteiger partial charge < -0.3 is 20.3 Å². The number of anilines is 2. The van der Waals surface area contributed by atoms with Gasteiger partial charge in [-0.2, -0.15) is 0 Å². The Hall–Kier alpha value is -2.86. The molecule has 2 aromatic carbocycles. The van der Waals surface area contributed by atoms with Crippen LogP contribution < -0.4 is 10.6 Å². The molecule has 0 saturated heterocycles. The van der Waals surface area contributed by atoms with Crippen molar-refractivity contribution in [2.24, 2.45) is 0 Å². The number of rotatable bonds is 6. The smallest absolute Gasteiger partial charge is 0.244 e. The molecule has 6 nitrogen and oxygen atoms in total. The zero-order chi connectivity index (χ0) is 17.8. The Bertz CT molecular complexity index is 886. The summed E-state index contributed by atoms with van der Waals surface area (Å²) < 4.78 is 1.82. The van der Waals surface area contributed by atoms with Gasteiger partial charge in [0.1, 0.15) is 6.54 Å². The normalized spacial score (nSPS) is 12.1. The van der Waals surface area contributed by atoms with Gasteiger partial charge in [0, 0.05) is 12.2 Å². The average Bonchev–Trinajstić information content (AvgIpc) is 2.91. The van der Waals surface area contributed by atoms with Gasteiger partial charge in [-0.1, -0.05) is 24.3 Å². The SMILES string of the molecule is Cc1cccc(NC(=O)Cn2c(NC[C@H](C)O)nc3ccccc32)c1. The van der Waals surface area contributed by atoms with Crippen molar-refractivity contribution in [3.63, 3.8) is 0 Å². The Kier molecular flexibility index (Phi) is 5.00. The zero-order valence-corrected chi connectivity index (χ0v) is 14.4. The number of aliphatic hydroxyl groups is 1. The van der Waals surface area contributed by atoms with Crippen LogP contribution in [-0.4, -0.2) is 33.2 Å². The van der Waals surface area contributed by atoms with Gasteiger partial charge in [0.25, 0.3) is 0 Å². The molecule has 0 spiro atoms. The topological polar surface area (TPSA) is 79.2 Å². The van der Waals surface area contributed by atoms with Crippen molar-refractivity contribution >= 4 is 28.6 Å². The second-order valence-electron chi connectivity index (χ2n) is 6.16. The molecule has 0 aliphatic rings. The molecule has 130 valence electrons. The van der Waals surface area contributed by atoms with Crippen LogP contribution in [0.3, 0.4) is 0 Å². The maximum absolute atomic E-state index is 12.5. The van der Waals surface area contributed by atoms with Gasteiger partial charge in [0.15, 0.2) is 0 Å². The van der Waals surface area contributed by atoms with Crippen LogP contribution in [0, 0.1) is 6.92 Å². The number of aliphatic hydroxyl groups excluding tert-OH is 1. The lowest BCUT2D eigenvalue weighted by Gasteiger charge is -2.12. The Morgan fingerprint density at radius 3 is 2.80 bits per heavy atom. The number of benzene rings is 2. The molecule has 3 N–H and O–H groups in total. The van der Waals surface area contributed by atoms with E-state index in [4.69, 9.17) is 0 Å². The number of carbonyl (C=O) groups is 1. The molecule has 0 radical (unpaired) electrons. The van der Waals surface area contributed by atoms with E-state index < -0.39 is 6.10 Å². The van der Waals surface area contributed by atoms with E-state index in [0.29, 0.717) is 12.5 Å². The molecule has 3 aromatic rings. The van der Waals surface area contributed by atoms with Crippen molar-refractivity contribution in [2.45, 2.75) is 26.5 Å². The number of aromatic nitrogens is 2. The van der Waals surface area contributed by atoms with Gasteiger partial charge >= 0.3 is 0 Å². The fraction of sp³-hybridized carbons (Fsp3) is 0.263. The third-order valence-electron chi connectivity index (χ3n) is 3.81. The lowest BCUT2D eigenvalue weighted by atomic mass is 10.2. The Morgan fingerprint density at radius 1 is 1.24 bits per heavy atom. The van der Waals surface area contributed by atoms with Crippen LogP contribution in [0.1, 0.15) is 12.5 Å². The van der Waals surface area contributed by atoms with E-state index >= 15 is 0 Å². The maximum Gasteiger partial charge on any atom is 0.244 e. The number of imidazole rings is 1. The fourth-order valence-corrected chi connectivity index (χ4v) is 2.68. The molecule has 0 unspecified atom stereocenters. The van der Waals surface area contributed by atoms with Gasteiger partial charge in [-0.15, -0.1) is 0 Å². The van der Waals surface area contributed by atoms with Crippen LogP contribution in [0.5, 0.6) is 0 Å². The number of aryl methyl sites for hydroxylation is 1. The summed E-state index contributed by atoms with van der Waals surface area (Å²) >= 11 is 0. The van der Waals surface area contributed by atoms with Crippen molar-refractivity contribution in [1.29, 1.82) is 0 Å². The van der Waals surface area contributed by atoms with Crippen LogP contribution in [0.25, 0.3) is 11.0 Å². The largest absolute Gasteiger partial charge is 0.392 e. The first-order chi connectivity index (χ1) is 12.0. The van der Waals surface area contributed by atoms with E-state index in [0.717, 1.165) is 22.3 Å². The summed E-state index contributed by atoms with van der Waals surface area (Å²) in [6, 6.07) is 15.3. The van der Waals surface area contributed by atoms with Crippen molar-refractivity contribution < 1.29 is 9.90 Å². The van der Waals surface area contributed by atoms with E-state index in [1.54, 1.807) is 6.92 Å². The summed E-state index contributed by atoms with van der Waals surface area (Å²) in [6.45, 7) is 4.18. The molecule has 1 heterocycles. The lowest BCUT2D eigenvalue weighted by molar-refractivity contribution is -0.116. The lowest BCUT2D eigenvalue weighted by Crippen LogP contribution is -2.22. The summed E-state index contributed by atoms with van der Waals surface area (Å²) in [5.74, 6) is 0.440. The highest BCUT2D eigenvalue weighted by molar-refractivity contribution is 5.92. The number of amides is 1. The zero-order valence-electron chi connectivity index (χ0n) is 14.4. The van der Waals surface area contributed by atoms with Gasteiger partial charge in [0.05, 0.1) is 17.1 Å². The minimum absolute atomic E-state index is 0.131. The Labute approximate surface area is 146 Å². The molecular formula is C19H22N4O2. The minimum atomic E-state index is -0.505. The molecule has 0 aliphatic carbocycles. The van der Waals surface area contributed by atoms with E-state index in [-0.39, 0.29) is 12.5 Å². The highest BCUT2D eigenvalue weighted by atomic mass is 16.3. The molecular weight excluding hydrogens is 316 g/mol. The molecule has 6 heteroatoms. The van der Waals surface area contributed by atoms with Crippen LogP contribution in [0.4, 0.5) is 11.6 Å². The summed E-state index contributed by atoms with van der Waals surface area (Å²) in [5.41, 5.74) is 3.53. The van der Waals surface area contributed by atoms with Gasteiger partial charge in [0.2, 0.25) is 11.9 Å². The molecule has 1 aromatic heterocycles. The van der Waals surface area contributed by atoms with Crippen molar-refractivity contribution in [2.75, 3.05) is 17.2 Å². The first-order valence-corrected chi connectivity index (χ1v) is 8.26. The van der Waals surface area contributed by atoms with E-state index in [1.165, 1.54) is 0 Å². The van der Waals surface area contributed by atoms with Crippen LogP contribution in [-0.2, 0) is 11.3 Å². The molecule has 3 rings (SSSR count). The molecule has 1 atom stereocenters. The highest BCUT2D eigenvalue weighted by Crippen LogP contribution is 2.20. The summed E-state index contributed by atoms with van der Waals surface area (Å²) in [7, 11) is 0. The predicted octanol–water partition coefficient (Wildman–Crippen LogP) is 2.78. The van der Waals surface area contributed by atoms with Crippen LogP contribution in [0.2, 0.25) is 0 Å². The first-order valence-electron chi connectivity index (χ1n) is 8.26. The second-order valence-corrected chi connectivity index (χ2v) is 6.16. The van der Waals surface area contributed by atoms with E-state index in [2.05, 4.69) is 15.6 Å². The van der Waals surface area contributed by atoms with Crippen molar-refractivity contribution in [1.82, 2.24) is 9.55 Å². The molecule has 25 heavy (non-hydrogen) atoms. The number of hydrogen-bond acceptors (Lipinski definition) is 4. The fourth-order valence-electron chi connectivity index (χ4n) is 2.68. The minimum Gasteiger partial charge on any atom is -0.392 e. The third-order valence-corrected chi connectivity index (χ3v) is 3.81. The molecule has 0 fully saturated rings. The van der Waals surface area contributed by atoms with Gasteiger partial charge in [-0.25, -0.2) is 4.98 Å². The van der Waals surface area contributed by atoms with Gasteiger partial charge in [-0.3, -0.25) is 4.79 Å². The molecule has 0 saturated carbocycles. The highest BCUT2D eigenvalue weighted by Gasteiger charge is 2.14. The molecule has 1 amide bonds. The predicted molar refractivity (Wildman–Crippen MR) is 99.7 cm³/mol. The molecule has 0 aliphatic heterocycles. The number of hydrogen-bond donors (Lipinski definition) is 3. The standard InChI is InChI=1S/C19H22N4O2/c1-13-6-5-7-15(10-13)21-18(25)12-23-17-9-4-3-8-16(17)22-19(23)20-11-14(2)24/h3-10,14,24H,11-12H2,1-2H3,(H,20,22)(H,21,25)/t14-/m0/s1. The van der Waals surface area contributed by atoms with E-state index in [1.807, 2.05) is 60.0 Å². The van der Waals surface area contributed by atoms with Gasteiger partial charge in [-0.05, 0) is 43.7 Å². The number of carbonyl (C=O) groups excluding carboxylic acids is 1. The number of fused-ring (bicyclic) bond motifs is 1. The maximum atomic E-state index is 12.5. The Morgan fingerprint density at radius 2 is 2.04 bits per heavy atom. The van der Waals surface area contributed by atoms with Crippen molar-refractivity contribution in [3.8, 4) is 0 Å². The van der Waals surface area contributed by atoms with Crippen molar-refractivity contribution in [3.05, 3.63) is 54.1 Å². The summed E-state index contributed by atoms with van der Waals surface area (Å²) in [5, 5.41) is 15.5. The number of nitrogens with one attached hydrogen (secondary N) is 2. The number of nitrogens with zero attached hydrogens (tertiary/aromatic N) is 2. The molecule has 0 bridgehead atoms. The summed E-state index contributed by atoms with van der Waals surface area (Å²) in [6.07, 6.45) is -0.505. The van der Waals surface area contributed by atoms with E-state index in [9.17, 15) is 9.90 Å². The Balaban J connectivity index is 1.83. The first kappa shape index (κ1) is 17.0. The number of para-hydroxylation sites is 2. The average molecular weight is 338 g/mol.